The average Bonchev–Trinajstić information content (AvgIpc) is 3.23. The van der Waals surface area contributed by atoms with E-state index in [0.717, 1.165) is 37.3 Å². The molecule has 0 aromatic carbocycles. The minimum absolute atomic E-state index is 0.00703. The van der Waals surface area contributed by atoms with E-state index in [2.05, 4.69) is 25.2 Å². The number of anilines is 1. The highest BCUT2D eigenvalue weighted by Crippen LogP contribution is 2.33. The quantitative estimate of drug-likeness (QED) is 0.807. The first-order chi connectivity index (χ1) is 11.2. The third-order valence-corrected chi connectivity index (χ3v) is 7.37. The van der Waals surface area contributed by atoms with Crippen molar-refractivity contribution in [2.75, 3.05) is 18.0 Å². The molecule has 1 atom stereocenters. The van der Waals surface area contributed by atoms with Crippen molar-refractivity contribution in [3.63, 3.8) is 0 Å². The van der Waals surface area contributed by atoms with E-state index < -0.39 is 15.1 Å². The summed E-state index contributed by atoms with van der Waals surface area (Å²) in [7, 11) is -3.71. The standard InChI is InChI=1S/C14H21N5O3S2/c1-9(10-15-11(18-22-10)14(2,3)4)24(20,21)13-17-16-12(23-13)19-7-5-6-8-19/h9H,5-8H2,1-4H3. The number of hydrogen-bond donors (Lipinski definition) is 0. The maximum absolute atomic E-state index is 12.8. The summed E-state index contributed by atoms with van der Waals surface area (Å²) in [6, 6.07) is 0. The van der Waals surface area contributed by atoms with Crippen LogP contribution in [0.25, 0.3) is 0 Å². The third-order valence-electron chi connectivity index (χ3n) is 3.94. The summed E-state index contributed by atoms with van der Waals surface area (Å²) in [6.07, 6.45) is 2.19. The molecule has 1 fully saturated rings. The zero-order valence-corrected chi connectivity index (χ0v) is 15.8. The summed E-state index contributed by atoms with van der Waals surface area (Å²) in [5, 5.41) is 11.5. The minimum Gasteiger partial charge on any atom is -0.347 e. The predicted octanol–water partition coefficient (Wildman–Crippen LogP) is 2.35. The lowest BCUT2D eigenvalue weighted by atomic mass is 9.96. The summed E-state index contributed by atoms with van der Waals surface area (Å²) < 4.78 is 30.7. The Morgan fingerprint density at radius 3 is 2.46 bits per heavy atom. The zero-order chi connectivity index (χ0) is 17.5. The first kappa shape index (κ1) is 17.3. The van der Waals surface area contributed by atoms with Crippen LogP contribution < -0.4 is 4.90 Å². The first-order valence-electron chi connectivity index (χ1n) is 7.86. The highest BCUT2D eigenvalue weighted by molar-refractivity contribution is 7.93. The number of aromatic nitrogens is 4. The fourth-order valence-corrected chi connectivity index (χ4v) is 4.91. The molecular formula is C14H21N5O3S2. The van der Waals surface area contributed by atoms with Gasteiger partial charge in [-0.1, -0.05) is 37.3 Å². The molecular weight excluding hydrogens is 350 g/mol. The van der Waals surface area contributed by atoms with Gasteiger partial charge in [0.2, 0.25) is 25.2 Å². The van der Waals surface area contributed by atoms with E-state index in [1.54, 1.807) is 0 Å². The fourth-order valence-electron chi connectivity index (χ4n) is 2.34. The van der Waals surface area contributed by atoms with Crippen LogP contribution in [-0.2, 0) is 15.3 Å². The summed E-state index contributed by atoms with van der Waals surface area (Å²) >= 11 is 1.10. The van der Waals surface area contributed by atoms with Gasteiger partial charge in [0.05, 0.1) is 0 Å². The lowest BCUT2D eigenvalue weighted by Crippen LogP contribution is -2.17. The fraction of sp³-hybridized carbons (Fsp3) is 0.714. The van der Waals surface area contributed by atoms with Gasteiger partial charge in [0, 0.05) is 18.5 Å². The van der Waals surface area contributed by atoms with E-state index in [0.29, 0.717) is 11.0 Å². The largest absolute Gasteiger partial charge is 0.347 e. The molecule has 1 saturated heterocycles. The molecule has 0 radical (unpaired) electrons. The van der Waals surface area contributed by atoms with Crippen molar-refractivity contribution < 1.29 is 12.9 Å². The molecule has 1 unspecified atom stereocenters. The van der Waals surface area contributed by atoms with Gasteiger partial charge >= 0.3 is 0 Å². The monoisotopic (exact) mass is 371 g/mol. The highest BCUT2D eigenvalue weighted by atomic mass is 32.2. The third kappa shape index (κ3) is 3.16. The van der Waals surface area contributed by atoms with E-state index in [-0.39, 0.29) is 15.6 Å². The van der Waals surface area contributed by atoms with Gasteiger partial charge in [-0.25, -0.2) is 8.42 Å². The van der Waals surface area contributed by atoms with Gasteiger partial charge in [-0.3, -0.25) is 0 Å². The zero-order valence-electron chi connectivity index (χ0n) is 14.2. The van der Waals surface area contributed by atoms with Crippen LogP contribution in [0.3, 0.4) is 0 Å². The maximum Gasteiger partial charge on any atom is 0.245 e. The van der Waals surface area contributed by atoms with E-state index in [1.165, 1.54) is 6.92 Å². The number of nitrogens with zero attached hydrogens (tertiary/aromatic N) is 5. The molecule has 3 heterocycles. The maximum atomic E-state index is 12.8. The lowest BCUT2D eigenvalue weighted by Gasteiger charge is -2.11. The van der Waals surface area contributed by atoms with Crippen molar-refractivity contribution in [1.29, 1.82) is 0 Å². The number of sulfone groups is 1. The molecule has 0 bridgehead atoms. The van der Waals surface area contributed by atoms with Crippen molar-refractivity contribution in [2.24, 2.45) is 0 Å². The Kier molecular flexibility index (Phi) is 4.37. The van der Waals surface area contributed by atoms with E-state index in [4.69, 9.17) is 4.52 Å². The summed E-state index contributed by atoms with van der Waals surface area (Å²) in [5.74, 6) is 0.562. The van der Waals surface area contributed by atoms with Crippen molar-refractivity contribution in [3.05, 3.63) is 11.7 Å². The first-order valence-corrected chi connectivity index (χ1v) is 10.2. The molecule has 132 valence electrons. The lowest BCUT2D eigenvalue weighted by molar-refractivity contribution is 0.361. The van der Waals surface area contributed by atoms with Crippen LogP contribution in [-0.4, -0.2) is 41.8 Å². The Hall–Kier alpha value is -1.55. The molecule has 1 aliphatic heterocycles. The second-order valence-corrected chi connectivity index (χ2v) is 10.3. The smallest absolute Gasteiger partial charge is 0.245 e. The molecule has 10 heteroatoms. The van der Waals surface area contributed by atoms with E-state index in [1.807, 2.05) is 20.8 Å². The van der Waals surface area contributed by atoms with E-state index in [9.17, 15) is 8.42 Å². The van der Waals surface area contributed by atoms with E-state index >= 15 is 0 Å². The summed E-state index contributed by atoms with van der Waals surface area (Å²) in [5.41, 5.74) is -0.309. The van der Waals surface area contributed by atoms with Crippen LogP contribution in [0, 0.1) is 0 Å². The Labute approximate surface area is 145 Å². The van der Waals surface area contributed by atoms with Crippen molar-refractivity contribution in [1.82, 2.24) is 20.3 Å². The molecule has 3 rings (SSSR count). The van der Waals surface area contributed by atoms with Gasteiger partial charge in [-0.2, -0.15) is 4.98 Å². The normalized spacial score (nSPS) is 17.4. The van der Waals surface area contributed by atoms with Crippen molar-refractivity contribution in [3.8, 4) is 0 Å². The second kappa shape index (κ2) is 6.07. The Balaban J connectivity index is 1.85. The Morgan fingerprint density at radius 2 is 1.88 bits per heavy atom. The van der Waals surface area contributed by atoms with Crippen LogP contribution in [0.5, 0.6) is 0 Å². The Morgan fingerprint density at radius 1 is 1.21 bits per heavy atom. The topological polar surface area (TPSA) is 102 Å². The second-order valence-electron chi connectivity index (χ2n) is 6.94. The van der Waals surface area contributed by atoms with Crippen LogP contribution in [0.4, 0.5) is 5.13 Å². The summed E-state index contributed by atoms with van der Waals surface area (Å²) in [6.45, 7) is 9.13. The molecule has 2 aromatic heterocycles. The molecule has 1 aliphatic rings. The van der Waals surface area contributed by atoms with Crippen LogP contribution in [0.2, 0.25) is 0 Å². The van der Waals surface area contributed by atoms with Crippen LogP contribution >= 0.6 is 11.3 Å². The van der Waals surface area contributed by atoms with Crippen LogP contribution in [0.15, 0.2) is 8.86 Å². The van der Waals surface area contributed by atoms with Crippen molar-refractivity contribution >= 4 is 26.3 Å². The van der Waals surface area contributed by atoms with Gasteiger partial charge < -0.3 is 9.42 Å². The van der Waals surface area contributed by atoms with Gasteiger partial charge in [0.25, 0.3) is 0 Å². The molecule has 0 spiro atoms. The molecule has 24 heavy (non-hydrogen) atoms. The van der Waals surface area contributed by atoms with Crippen LogP contribution in [0.1, 0.15) is 57.5 Å². The molecule has 2 aromatic rings. The van der Waals surface area contributed by atoms with Gasteiger partial charge in [0.1, 0.15) is 5.25 Å². The molecule has 8 nitrogen and oxygen atoms in total. The molecule has 0 saturated carbocycles. The van der Waals surface area contributed by atoms with Crippen molar-refractivity contribution in [2.45, 2.75) is 55.5 Å². The average molecular weight is 371 g/mol. The highest BCUT2D eigenvalue weighted by Gasteiger charge is 2.35. The molecule has 0 amide bonds. The van der Waals surface area contributed by atoms with Gasteiger partial charge in [-0.05, 0) is 19.8 Å². The minimum atomic E-state index is -3.71. The van der Waals surface area contributed by atoms with Gasteiger partial charge in [-0.15, -0.1) is 10.2 Å². The SMILES string of the molecule is CC(c1nc(C(C)(C)C)no1)S(=O)(=O)c1nnc(N2CCCC2)s1. The van der Waals surface area contributed by atoms with Gasteiger partial charge in [0.15, 0.2) is 5.82 Å². The number of hydrogen-bond acceptors (Lipinski definition) is 9. The molecule has 0 aliphatic carbocycles. The predicted molar refractivity (Wildman–Crippen MR) is 90.0 cm³/mol. The number of rotatable bonds is 4. The Bertz CT molecular complexity index is 816. The molecule has 0 N–H and O–H groups in total. The summed E-state index contributed by atoms with van der Waals surface area (Å²) in [4.78, 5) is 6.31.